The van der Waals surface area contributed by atoms with E-state index in [0.717, 1.165) is 12.8 Å². The lowest BCUT2D eigenvalue weighted by molar-refractivity contribution is -0.176. The molecule has 4 nitrogen and oxygen atoms in total. The van der Waals surface area contributed by atoms with Crippen LogP contribution in [0.25, 0.3) is 0 Å². The van der Waals surface area contributed by atoms with E-state index in [9.17, 15) is 9.90 Å². The van der Waals surface area contributed by atoms with Gasteiger partial charge in [0.2, 0.25) is 0 Å². The summed E-state index contributed by atoms with van der Waals surface area (Å²) in [5, 5.41) is 9.26. The molecule has 1 saturated heterocycles. The zero-order valence-electron chi connectivity index (χ0n) is 7.49. The van der Waals surface area contributed by atoms with Gasteiger partial charge in [-0.2, -0.15) is 0 Å². The van der Waals surface area contributed by atoms with Crippen molar-refractivity contribution in [3.8, 4) is 0 Å². The van der Waals surface area contributed by atoms with Crippen LogP contribution < -0.4 is 0 Å². The first-order valence-electron chi connectivity index (χ1n) is 4.19. The molecule has 2 atom stereocenters. The summed E-state index contributed by atoms with van der Waals surface area (Å²) in [6.45, 7) is 2.32. The third kappa shape index (κ3) is 1.44. The molecule has 1 fully saturated rings. The molecule has 0 radical (unpaired) electrons. The van der Waals surface area contributed by atoms with Gasteiger partial charge in [-0.15, -0.1) is 0 Å². The molecule has 1 aliphatic heterocycles. The highest BCUT2D eigenvalue weighted by Crippen LogP contribution is 2.23. The third-order valence-electron chi connectivity index (χ3n) is 2.15. The second kappa shape index (κ2) is 3.87. The van der Waals surface area contributed by atoms with E-state index in [-0.39, 0.29) is 11.9 Å². The van der Waals surface area contributed by atoms with Gasteiger partial charge in [0.25, 0.3) is 5.91 Å². The van der Waals surface area contributed by atoms with E-state index in [1.165, 1.54) is 0 Å². The first-order valence-corrected chi connectivity index (χ1v) is 4.19. The summed E-state index contributed by atoms with van der Waals surface area (Å²) in [6, 6.07) is -0.0255. The molecule has 0 saturated carbocycles. The third-order valence-corrected chi connectivity index (χ3v) is 2.15. The van der Waals surface area contributed by atoms with E-state index in [1.807, 2.05) is 6.92 Å². The summed E-state index contributed by atoms with van der Waals surface area (Å²) in [5.74, 6) is -0.213. The van der Waals surface area contributed by atoms with E-state index in [0.29, 0.717) is 6.73 Å². The highest BCUT2D eigenvalue weighted by Gasteiger charge is 2.45. The number of amides is 1. The van der Waals surface area contributed by atoms with E-state index in [1.54, 1.807) is 12.0 Å². The highest BCUT2D eigenvalue weighted by molar-refractivity contribution is 5.87. The molecule has 0 spiro atoms. The van der Waals surface area contributed by atoms with Crippen LogP contribution in [0.4, 0.5) is 0 Å². The van der Waals surface area contributed by atoms with Gasteiger partial charge < -0.3 is 14.7 Å². The lowest BCUT2D eigenvalue weighted by atomic mass is 9.95. The van der Waals surface area contributed by atoms with Crippen molar-refractivity contribution in [2.45, 2.75) is 31.9 Å². The number of hydrogen-bond donors (Lipinski definition) is 1. The second-order valence-electron chi connectivity index (χ2n) is 3.03. The number of ether oxygens (including phenoxy) is 1. The Morgan fingerprint density at radius 2 is 2.33 bits per heavy atom. The molecule has 1 N–H and O–H groups in total. The summed E-state index contributed by atoms with van der Waals surface area (Å²) in [6.07, 6.45) is 1.02. The Kier molecular flexibility index (Phi) is 3.05. The Hall–Kier alpha value is -0.610. The van der Waals surface area contributed by atoms with Crippen LogP contribution in [0.2, 0.25) is 0 Å². The molecule has 0 aromatic rings. The topological polar surface area (TPSA) is 49.8 Å². The van der Waals surface area contributed by atoms with E-state index < -0.39 is 6.10 Å². The predicted octanol–water partition coefficient (Wildman–Crippen LogP) is -0.0379. The molecule has 0 aromatic heterocycles. The van der Waals surface area contributed by atoms with Crippen molar-refractivity contribution >= 4 is 5.91 Å². The van der Waals surface area contributed by atoms with Gasteiger partial charge >= 0.3 is 0 Å². The molecule has 4 heteroatoms. The van der Waals surface area contributed by atoms with Crippen LogP contribution >= 0.6 is 0 Å². The molecular formula is C8H15NO3. The van der Waals surface area contributed by atoms with Crippen molar-refractivity contribution in [2.75, 3.05) is 13.8 Å². The molecule has 1 heterocycles. The highest BCUT2D eigenvalue weighted by atomic mass is 16.5. The number of aliphatic hydroxyl groups excluding tert-OH is 1. The lowest BCUT2D eigenvalue weighted by Gasteiger charge is -2.43. The van der Waals surface area contributed by atoms with Gasteiger partial charge in [0.05, 0.1) is 6.04 Å². The van der Waals surface area contributed by atoms with Crippen molar-refractivity contribution in [2.24, 2.45) is 0 Å². The predicted molar refractivity (Wildman–Crippen MR) is 43.4 cm³/mol. The molecule has 70 valence electrons. The summed E-state index contributed by atoms with van der Waals surface area (Å²) in [7, 11) is 1.54. The van der Waals surface area contributed by atoms with Crippen LogP contribution in [0.1, 0.15) is 19.8 Å². The van der Waals surface area contributed by atoms with Gasteiger partial charge in [-0.25, -0.2) is 0 Å². The van der Waals surface area contributed by atoms with Gasteiger partial charge in [-0.05, 0) is 6.42 Å². The molecular weight excluding hydrogens is 158 g/mol. The average Bonchev–Trinajstić information content (AvgIpc) is 2.10. The summed E-state index contributed by atoms with van der Waals surface area (Å²) in [4.78, 5) is 12.6. The zero-order valence-corrected chi connectivity index (χ0v) is 7.49. The fourth-order valence-electron chi connectivity index (χ4n) is 1.49. The smallest absolute Gasteiger partial charge is 0.255 e. The molecule has 0 aliphatic carbocycles. The first-order chi connectivity index (χ1) is 5.72. The van der Waals surface area contributed by atoms with Gasteiger partial charge in [0, 0.05) is 7.11 Å². The number of aliphatic hydroxyl groups is 1. The zero-order chi connectivity index (χ0) is 9.14. The Balaban J connectivity index is 2.43. The second-order valence-corrected chi connectivity index (χ2v) is 3.03. The number of carbonyl (C=O) groups excluding carboxylic acids is 1. The number of hydrogen-bond acceptors (Lipinski definition) is 3. The minimum atomic E-state index is -0.792. The van der Waals surface area contributed by atoms with Crippen molar-refractivity contribution in [3.05, 3.63) is 0 Å². The van der Waals surface area contributed by atoms with Crippen molar-refractivity contribution < 1.29 is 14.6 Å². The van der Waals surface area contributed by atoms with E-state index >= 15 is 0 Å². The van der Waals surface area contributed by atoms with E-state index in [4.69, 9.17) is 4.74 Å². The van der Waals surface area contributed by atoms with Crippen LogP contribution in [0, 0.1) is 0 Å². The summed E-state index contributed by atoms with van der Waals surface area (Å²) >= 11 is 0. The van der Waals surface area contributed by atoms with Crippen LogP contribution in [-0.4, -0.2) is 41.9 Å². The molecule has 1 amide bonds. The van der Waals surface area contributed by atoms with Crippen LogP contribution in [0.3, 0.4) is 0 Å². The summed E-state index contributed by atoms with van der Waals surface area (Å²) < 4.78 is 4.84. The maximum Gasteiger partial charge on any atom is 0.255 e. The van der Waals surface area contributed by atoms with Gasteiger partial charge in [-0.1, -0.05) is 13.3 Å². The quantitative estimate of drug-likeness (QED) is 0.607. The molecule has 12 heavy (non-hydrogen) atoms. The largest absolute Gasteiger partial charge is 0.381 e. The van der Waals surface area contributed by atoms with E-state index in [2.05, 4.69) is 0 Å². The van der Waals surface area contributed by atoms with Gasteiger partial charge in [0.15, 0.2) is 6.10 Å². The number of likely N-dealkylation sites (tertiary alicyclic amines) is 1. The maximum atomic E-state index is 11.0. The average molecular weight is 173 g/mol. The minimum absolute atomic E-state index is 0.0255. The van der Waals surface area contributed by atoms with Crippen LogP contribution in [-0.2, 0) is 9.53 Å². The molecule has 0 aromatic carbocycles. The first kappa shape index (κ1) is 9.48. The molecule has 2 unspecified atom stereocenters. The fraction of sp³-hybridized carbons (Fsp3) is 0.875. The lowest BCUT2D eigenvalue weighted by Crippen LogP contribution is -2.64. The van der Waals surface area contributed by atoms with Crippen LogP contribution in [0.5, 0.6) is 0 Å². The molecule has 1 aliphatic rings. The Labute approximate surface area is 72.1 Å². The molecule has 1 rings (SSSR count). The van der Waals surface area contributed by atoms with Crippen molar-refractivity contribution in [3.63, 3.8) is 0 Å². The Morgan fingerprint density at radius 3 is 2.83 bits per heavy atom. The number of β-lactam (4-membered cyclic amide) rings is 1. The number of carbonyl (C=O) groups is 1. The van der Waals surface area contributed by atoms with Gasteiger partial charge in [0.1, 0.15) is 6.73 Å². The van der Waals surface area contributed by atoms with Crippen molar-refractivity contribution in [1.29, 1.82) is 0 Å². The SMILES string of the molecule is CCCC1C(O)C(=O)N1COC. The standard InChI is InChI=1S/C8H15NO3/c1-3-4-6-7(10)8(11)9(6)5-12-2/h6-7,10H,3-5H2,1-2H3. The molecule has 0 bridgehead atoms. The summed E-state index contributed by atoms with van der Waals surface area (Å²) in [5.41, 5.74) is 0. The van der Waals surface area contributed by atoms with Crippen LogP contribution in [0.15, 0.2) is 0 Å². The fourth-order valence-corrected chi connectivity index (χ4v) is 1.49. The Bertz CT molecular complexity index is 172. The maximum absolute atomic E-state index is 11.0. The normalized spacial score (nSPS) is 28.9. The van der Waals surface area contributed by atoms with Gasteiger partial charge in [-0.3, -0.25) is 4.79 Å². The number of nitrogens with zero attached hydrogens (tertiary/aromatic N) is 1. The van der Waals surface area contributed by atoms with Crippen molar-refractivity contribution in [1.82, 2.24) is 4.90 Å². The monoisotopic (exact) mass is 173 g/mol. The number of methoxy groups -OCH3 is 1. The minimum Gasteiger partial charge on any atom is -0.381 e. The number of rotatable bonds is 4. The Morgan fingerprint density at radius 1 is 1.67 bits per heavy atom.